The number of hydrogen-bond donors (Lipinski definition) is 2. The molecule has 296 valence electrons. The number of nitrogens with zero attached hydrogens (tertiary/aromatic N) is 2. The van der Waals surface area contributed by atoms with Crippen LogP contribution in [0.25, 0.3) is 6.08 Å². The van der Waals surface area contributed by atoms with Gasteiger partial charge in [0.05, 0.1) is 0 Å². The van der Waals surface area contributed by atoms with E-state index in [1.165, 1.54) is 55.9 Å². The van der Waals surface area contributed by atoms with Crippen molar-refractivity contribution in [2.24, 2.45) is 0 Å². The molecule has 6 nitrogen and oxygen atoms in total. The van der Waals surface area contributed by atoms with Crippen LogP contribution in [0.2, 0.25) is 0 Å². The van der Waals surface area contributed by atoms with Crippen LogP contribution in [0.3, 0.4) is 0 Å². The Balaban J connectivity index is 0.000000273. The van der Waals surface area contributed by atoms with Crippen LogP contribution in [-0.4, -0.2) is 44.0 Å². The quantitative estimate of drug-likeness (QED) is 0.162. The van der Waals surface area contributed by atoms with Crippen molar-refractivity contribution in [3.8, 4) is 0 Å². The number of allylic oxidation sites excluding steroid dienone is 5. The van der Waals surface area contributed by atoms with Gasteiger partial charge in [-0.3, -0.25) is 5.41 Å². The molecule has 0 atom stereocenters. The van der Waals surface area contributed by atoms with Gasteiger partial charge < -0.3 is 25.4 Å². The number of carboxylic acid groups (broad SMARTS) is 1. The first-order valence-corrected chi connectivity index (χ1v) is 18.0. The van der Waals surface area contributed by atoms with Gasteiger partial charge in [0.25, 0.3) is 0 Å². The average molecular weight is 765 g/mol. The van der Waals surface area contributed by atoms with Gasteiger partial charge in [-0.2, -0.15) is 13.2 Å². The molecule has 0 spiro atoms. The minimum Gasteiger partial charge on any atom is -0.542 e. The molecule has 0 fully saturated rings. The molecule has 56 heavy (non-hydrogen) atoms. The lowest BCUT2D eigenvalue weighted by atomic mass is 9.67. The van der Waals surface area contributed by atoms with Gasteiger partial charge in [-0.25, -0.2) is 0 Å². The van der Waals surface area contributed by atoms with E-state index in [0.29, 0.717) is 0 Å². The fraction of sp³-hybridized carbons (Fsp3) is 0.277. The summed E-state index contributed by atoms with van der Waals surface area (Å²) in [7, 11) is 0. The molecule has 0 radical (unpaired) electrons. The highest BCUT2D eigenvalue weighted by molar-refractivity contribution is 6.04. The zero-order valence-electron chi connectivity index (χ0n) is 32.2. The predicted octanol–water partition coefficient (Wildman–Crippen LogP) is 7.85. The summed E-state index contributed by atoms with van der Waals surface area (Å²) in [5.74, 6) is -3.01. The molecule has 0 aliphatic heterocycles. The minimum absolute atomic E-state index is 0. The molecule has 3 aliphatic carbocycles. The number of alkyl halides is 3. The van der Waals surface area contributed by atoms with E-state index in [2.05, 4.69) is 131 Å². The molecule has 3 aromatic carbocycles. The molecule has 9 heteroatoms. The monoisotopic (exact) mass is 764 g/mol. The molecule has 3 aromatic rings. The maximum absolute atomic E-state index is 10.5. The molecule has 0 amide bonds. The molecule has 0 aromatic heterocycles. The first-order valence-electron chi connectivity index (χ1n) is 18.0. The number of hydrogen-bond acceptors (Lipinski definition) is 5. The van der Waals surface area contributed by atoms with Crippen LogP contribution in [0.4, 0.5) is 30.2 Å². The number of fused-ring (bicyclic) bond motifs is 4. The number of aliphatic carboxylic acids is 1. The molecule has 6 rings (SSSR count). The molecule has 0 unspecified atom stereocenters. The molecule has 0 saturated heterocycles. The van der Waals surface area contributed by atoms with E-state index >= 15 is 0 Å². The number of benzene rings is 3. The molecule has 0 saturated carbocycles. The summed E-state index contributed by atoms with van der Waals surface area (Å²) >= 11 is 0. The van der Waals surface area contributed by atoms with Gasteiger partial charge >= 0.3 is 6.18 Å². The summed E-state index contributed by atoms with van der Waals surface area (Å²) in [5.41, 5.74) is 20.5. The SMILES string of the molecule is C.C=CCN(CC=C)c1ccc2c(c1)C(C)(C)c1cc(N(CC=C)CC=C)ccc1C2.CC1(C)C2=CC(=[NH2+])C=CC2=Cc2ccc(N)cc21.O=C([O-])C(F)(F)F. The van der Waals surface area contributed by atoms with Crippen LogP contribution in [0, 0.1) is 0 Å². The lowest BCUT2D eigenvalue weighted by molar-refractivity contribution is -0.344. The van der Waals surface area contributed by atoms with E-state index in [1.54, 1.807) is 0 Å². The second-order valence-electron chi connectivity index (χ2n) is 14.7. The summed E-state index contributed by atoms with van der Waals surface area (Å²) in [4.78, 5) is 13.4. The summed E-state index contributed by atoms with van der Waals surface area (Å²) in [6.07, 6.45) is 11.9. The van der Waals surface area contributed by atoms with Crippen LogP contribution in [0.15, 0.2) is 135 Å². The third-order valence-electron chi connectivity index (χ3n) is 10.1. The van der Waals surface area contributed by atoms with Crippen LogP contribution in [0.1, 0.15) is 68.5 Å². The first-order chi connectivity index (χ1) is 25.9. The van der Waals surface area contributed by atoms with E-state index in [9.17, 15) is 13.2 Å². The molecular formula is C47H55F3N4O2. The van der Waals surface area contributed by atoms with Gasteiger partial charge in [0, 0.05) is 66.2 Å². The molecule has 0 heterocycles. The molecule has 0 bridgehead atoms. The largest absolute Gasteiger partial charge is 0.542 e. The Morgan fingerprint density at radius 1 is 0.768 bits per heavy atom. The molecule has 4 N–H and O–H groups in total. The maximum Gasteiger partial charge on any atom is 0.430 e. The number of halogens is 3. The molecule has 3 aliphatic rings. The van der Waals surface area contributed by atoms with Crippen LogP contribution >= 0.6 is 0 Å². The average Bonchev–Trinajstić information content (AvgIpc) is 3.12. The third-order valence-corrected chi connectivity index (χ3v) is 10.1. The highest BCUT2D eigenvalue weighted by atomic mass is 19.4. The third kappa shape index (κ3) is 9.88. The van der Waals surface area contributed by atoms with Crippen molar-refractivity contribution in [3.05, 3.63) is 168 Å². The topological polar surface area (TPSA) is 98.2 Å². The fourth-order valence-electron chi connectivity index (χ4n) is 7.33. The number of carboxylic acids is 1. The van der Waals surface area contributed by atoms with Crippen molar-refractivity contribution < 1.29 is 28.5 Å². The Hall–Kier alpha value is -5.83. The lowest BCUT2D eigenvalue weighted by Crippen LogP contribution is -2.39. The summed E-state index contributed by atoms with van der Waals surface area (Å²) in [6.45, 7) is 28.0. The Bertz CT molecular complexity index is 1990. The number of nitrogens with two attached hydrogens (primary N) is 2. The number of rotatable bonds is 10. The van der Waals surface area contributed by atoms with Gasteiger partial charge in [0.1, 0.15) is 5.97 Å². The Labute approximate surface area is 330 Å². The summed E-state index contributed by atoms with van der Waals surface area (Å²) in [5, 5.41) is 14.7. The van der Waals surface area contributed by atoms with E-state index in [4.69, 9.17) is 21.0 Å². The van der Waals surface area contributed by atoms with Gasteiger partial charge in [-0.15, -0.1) is 26.3 Å². The fourth-order valence-corrected chi connectivity index (χ4v) is 7.33. The second-order valence-corrected chi connectivity index (χ2v) is 14.7. The van der Waals surface area contributed by atoms with Crippen LogP contribution < -0.4 is 26.0 Å². The molecular weight excluding hydrogens is 710 g/mol. The van der Waals surface area contributed by atoms with Crippen molar-refractivity contribution in [2.75, 3.05) is 41.7 Å². The van der Waals surface area contributed by atoms with E-state index < -0.39 is 12.1 Å². The Kier molecular flexibility index (Phi) is 14.5. The van der Waals surface area contributed by atoms with Crippen molar-refractivity contribution in [2.45, 2.75) is 58.5 Å². The Morgan fingerprint density at radius 3 is 1.66 bits per heavy atom. The second kappa shape index (κ2) is 18.2. The van der Waals surface area contributed by atoms with Gasteiger partial charge in [-0.05, 0) is 99.5 Å². The highest BCUT2D eigenvalue weighted by Gasteiger charge is 2.35. The van der Waals surface area contributed by atoms with Gasteiger partial charge in [0.15, 0.2) is 5.71 Å². The minimum atomic E-state index is -5.19. The van der Waals surface area contributed by atoms with Crippen molar-refractivity contribution in [1.82, 2.24) is 0 Å². The van der Waals surface area contributed by atoms with E-state index in [-0.39, 0.29) is 18.3 Å². The highest BCUT2D eigenvalue weighted by Crippen LogP contribution is 2.45. The standard InChI is InChI=1S/C28H34N2.C16H16N2.C2HF3O2.CH4/c1-7-15-29(16-8-2)24-13-11-22-19-23-12-14-25(30(17-9-3)18-10-4)21-27(23)28(5,6)26(22)20-24;1-16(2)14-8-12(17)5-3-10(14)7-11-4-6-13(18)9-15(11)16;3-2(4,5)1(6)7;/h7-14,20-21H,1-4,15-19H2,5-6H3;3-9,17H,18H2,1-2H3;(H,6,7);1H4. The Morgan fingerprint density at radius 2 is 1.23 bits per heavy atom. The number of anilines is 3. The summed E-state index contributed by atoms with van der Waals surface area (Å²) in [6, 6.07) is 19.9. The number of nitrogen functional groups attached to an aromatic ring is 1. The van der Waals surface area contributed by atoms with Crippen molar-refractivity contribution in [3.63, 3.8) is 0 Å². The van der Waals surface area contributed by atoms with Crippen molar-refractivity contribution in [1.29, 1.82) is 0 Å². The van der Waals surface area contributed by atoms with E-state index in [1.807, 2.05) is 36.4 Å². The number of carbonyl (C=O) groups excluding carboxylic acids is 1. The predicted molar refractivity (Wildman–Crippen MR) is 227 cm³/mol. The lowest BCUT2D eigenvalue weighted by Gasteiger charge is -2.37. The normalized spacial score (nSPS) is 15.0. The number of carbonyl (C=O) groups is 1. The smallest absolute Gasteiger partial charge is 0.430 e. The van der Waals surface area contributed by atoms with Gasteiger partial charge in [-0.1, -0.05) is 77.6 Å². The first kappa shape index (κ1) is 44.6. The zero-order valence-corrected chi connectivity index (χ0v) is 32.2. The van der Waals surface area contributed by atoms with Crippen molar-refractivity contribution >= 4 is 34.8 Å². The van der Waals surface area contributed by atoms with Crippen LogP contribution in [0.5, 0.6) is 0 Å². The van der Waals surface area contributed by atoms with E-state index in [0.717, 1.165) is 44.0 Å². The van der Waals surface area contributed by atoms with Gasteiger partial charge in [0.2, 0.25) is 0 Å². The zero-order chi connectivity index (χ0) is 40.7. The maximum atomic E-state index is 10.5. The van der Waals surface area contributed by atoms with Crippen LogP contribution in [-0.2, 0) is 22.0 Å². The summed E-state index contributed by atoms with van der Waals surface area (Å²) < 4.78 is 31.5.